The molecule has 1 amide bonds. The Hall–Kier alpha value is -2.21. The Labute approximate surface area is 142 Å². The van der Waals surface area contributed by atoms with Gasteiger partial charge in [0, 0.05) is 50.0 Å². The zero-order valence-corrected chi connectivity index (χ0v) is 14.3. The first-order valence-electron chi connectivity index (χ1n) is 8.41. The van der Waals surface area contributed by atoms with E-state index in [0.717, 1.165) is 43.0 Å². The van der Waals surface area contributed by atoms with Crippen molar-refractivity contribution in [2.75, 3.05) is 26.8 Å². The number of ether oxygens (including phenoxy) is 1. The molecule has 6 nitrogen and oxygen atoms in total. The number of piperidine rings is 1. The van der Waals surface area contributed by atoms with E-state index in [2.05, 4.69) is 21.5 Å². The number of imidazole rings is 1. The van der Waals surface area contributed by atoms with Crippen LogP contribution >= 0.6 is 0 Å². The number of aryl methyl sites for hydroxylation is 1. The molecule has 0 N–H and O–H groups in total. The molecule has 1 fully saturated rings. The number of carbonyl (C=O) groups excluding carboxylic acids is 1. The number of likely N-dealkylation sites (tertiary alicyclic amines) is 1. The van der Waals surface area contributed by atoms with E-state index in [1.54, 1.807) is 13.3 Å². The van der Waals surface area contributed by atoms with Crippen LogP contribution in [0.5, 0.6) is 0 Å². The number of rotatable bonds is 5. The van der Waals surface area contributed by atoms with E-state index in [9.17, 15) is 4.79 Å². The minimum absolute atomic E-state index is 0.169. The van der Waals surface area contributed by atoms with Crippen molar-refractivity contribution >= 4 is 5.91 Å². The van der Waals surface area contributed by atoms with Crippen molar-refractivity contribution in [2.24, 2.45) is 0 Å². The number of carbonyl (C=O) groups is 1. The lowest BCUT2D eigenvalue weighted by Crippen LogP contribution is -2.41. The van der Waals surface area contributed by atoms with Crippen LogP contribution in [0.15, 0.2) is 30.7 Å². The standard InChI is InChI=1S/C18H24N4O2/c1-14-11-20-18(15-5-3-8-19-12-15)22(14)16-6-4-9-21(13-16)17(23)7-10-24-2/h3,5,8,11-12,16H,4,6-7,9-10,13H2,1-2H3. The fourth-order valence-electron chi connectivity index (χ4n) is 3.36. The zero-order chi connectivity index (χ0) is 16.9. The van der Waals surface area contributed by atoms with Crippen molar-refractivity contribution in [1.29, 1.82) is 0 Å². The number of methoxy groups -OCH3 is 1. The smallest absolute Gasteiger partial charge is 0.224 e. The maximum absolute atomic E-state index is 12.3. The van der Waals surface area contributed by atoms with E-state index in [4.69, 9.17) is 4.74 Å². The highest BCUT2D eigenvalue weighted by Crippen LogP contribution is 2.29. The fraction of sp³-hybridized carbons (Fsp3) is 0.500. The Bertz CT molecular complexity index is 684. The lowest BCUT2D eigenvalue weighted by Gasteiger charge is -2.34. The summed E-state index contributed by atoms with van der Waals surface area (Å²) in [6.07, 6.45) is 8.00. The van der Waals surface area contributed by atoms with Crippen LogP contribution in [0.1, 0.15) is 31.0 Å². The van der Waals surface area contributed by atoms with E-state index < -0.39 is 0 Å². The average Bonchev–Trinajstić information content (AvgIpc) is 3.02. The van der Waals surface area contributed by atoms with E-state index in [1.165, 1.54) is 0 Å². The van der Waals surface area contributed by atoms with Gasteiger partial charge in [-0.15, -0.1) is 0 Å². The molecule has 0 saturated carbocycles. The van der Waals surface area contributed by atoms with Crippen LogP contribution in [0.3, 0.4) is 0 Å². The van der Waals surface area contributed by atoms with Gasteiger partial charge in [-0.25, -0.2) is 4.98 Å². The summed E-state index contributed by atoms with van der Waals surface area (Å²) < 4.78 is 7.29. The quantitative estimate of drug-likeness (QED) is 0.846. The largest absolute Gasteiger partial charge is 0.384 e. The second-order valence-corrected chi connectivity index (χ2v) is 6.21. The highest BCUT2D eigenvalue weighted by molar-refractivity contribution is 5.76. The Morgan fingerprint density at radius 3 is 3.04 bits per heavy atom. The molecule has 6 heteroatoms. The molecule has 1 saturated heterocycles. The molecule has 128 valence electrons. The molecule has 2 aromatic rings. The van der Waals surface area contributed by atoms with Crippen molar-refractivity contribution < 1.29 is 9.53 Å². The van der Waals surface area contributed by atoms with Crippen LogP contribution < -0.4 is 0 Å². The van der Waals surface area contributed by atoms with Crippen molar-refractivity contribution in [3.8, 4) is 11.4 Å². The van der Waals surface area contributed by atoms with Gasteiger partial charge in [0.1, 0.15) is 5.82 Å². The molecule has 3 rings (SSSR count). The van der Waals surface area contributed by atoms with Crippen LogP contribution in [0.25, 0.3) is 11.4 Å². The number of hydrogen-bond donors (Lipinski definition) is 0. The minimum atomic E-state index is 0.169. The molecule has 1 aliphatic heterocycles. The molecule has 0 aliphatic carbocycles. The average molecular weight is 328 g/mol. The van der Waals surface area contributed by atoms with Gasteiger partial charge in [0.25, 0.3) is 0 Å². The fourth-order valence-corrected chi connectivity index (χ4v) is 3.36. The summed E-state index contributed by atoms with van der Waals surface area (Å²) in [6.45, 7) is 4.10. The van der Waals surface area contributed by atoms with Crippen molar-refractivity contribution in [2.45, 2.75) is 32.2 Å². The predicted molar refractivity (Wildman–Crippen MR) is 91.5 cm³/mol. The van der Waals surface area contributed by atoms with E-state index in [-0.39, 0.29) is 11.9 Å². The number of amides is 1. The molecule has 24 heavy (non-hydrogen) atoms. The summed E-state index contributed by atoms with van der Waals surface area (Å²) in [5, 5.41) is 0. The highest BCUT2D eigenvalue weighted by atomic mass is 16.5. The van der Waals surface area contributed by atoms with Gasteiger partial charge in [0.15, 0.2) is 0 Å². The van der Waals surface area contributed by atoms with Gasteiger partial charge >= 0.3 is 0 Å². The van der Waals surface area contributed by atoms with Gasteiger partial charge in [0.2, 0.25) is 5.91 Å². The van der Waals surface area contributed by atoms with Crippen molar-refractivity contribution in [1.82, 2.24) is 19.4 Å². The van der Waals surface area contributed by atoms with Gasteiger partial charge in [-0.3, -0.25) is 9.78 Å². The SMILES string of the molecule is COCCC(=O)N1CCCC(n2c(C)cnc2-c2cccnc2)C1. The lowest BCUT2D eigenvalue weighted by molar-refractivity contribution is -0.133. The number of nitrogens with zero attached hydrogens (tertiary/aromatic N) is 4. The summed E-state index contributed by atoms with van der Waals surface area (Å²) in [7, 11) is 1.63. The van der Waals surface area contributed by atoms with Crippen molar-refractivity contribution in [3.63, 3.8) is 0 Å². The number of aromatic nitrogens is 3. The monoisotopic (exact) mass is 328 g/mol. The second kappa shape index (κ2) is 7.57. The summed E-state index contributed by atoms with van der Waals surface area (Å²) in [4.78, 5) is 23.1. The third-order valence-electron chi connectivity index (χ3n) is 4.54. The first-order chi connectivity index (χ1) is 11.7. The molecule has 0 bridgehead atoms. The van der Waals surface area contributed by atoms with Crippen molar-refractivity contribution in [3.05, 3.63) is 36.4 Å². The van der Waals surface area contributed by atoms with Crippen LogP contribution in [-0.2, 0) is 9.53 Å². The Morgan fingerprint density at radius 1 is 1.42 bits per heavy atom. The third-order valence-corrected chi connectivity index (χ3v) is 4.54. The van der Waals surface area contributed by atoms with Gasteiger partial charge < -0.3 is 14.2 Å². The molecule has 1 atom stereocenters. The van der Waals surface area contributed by atoms with E-state index in [1.807, 2.05) is 29.4 Å². The topological polar surface area (TPSA) is 60.2 Å². The molecule has 3 heterocycles. The number of pyridine rings is 1. The first kappa shape index (κ1) is 16.6. The van der Waals surface area contributed by atoms with Crippen LogP contribution in [0.2, 0.25) is 0 Å². The van der Waals surface area contributed by atoms with Gasteiger partial charge in [-0.1, -0.05) is 0 Å². The summed E-state index contributed by atoms with van der Waals surface area (Å²) >= 11 is 0. The summed E-state index contributed by atoms with van der Waals surface area (Å²) in [5.41, 5.74) is 2.12. The second-order valence-electron chi connectivity index (χ2n) is 6.21. The van der Waals surface area contributed by atoms with Crippen LogP contribution in [0, 0.1) is 6.92 Å². The molecular formula is C18H24N4O2. The third kappa shape index (κ3) is 3.48. The van der Waals surface area contributed by atoms with Crippen LogP contribution in [0.4, 0.5) is 0 Å². The van der Waals surface area contributed by atoms with Gasteiger partial charge in [-0.05, 0) is 31.9 Å². The molecule has 1 unspecified atom stereocenters. The Kier molecular flexibility index (Phi) is 5.25. The number of hydrogen-bond acceptors (Lipinski definition) is 4. The highest BCUT2D eigenvalue weighted by Gasteiger charge is 2.27. The molecule has 2 aromatic heterocycles. The van der Waals surface area contributed by atoms with E-state index >= 15 is 0 Å². The molecule has 0 aromatic carbocycles. The molecular weight excluding hydrogens is 304 g/mol. The molecule has 0 spiro atoms. The summed E-state index contributed by atoms with van der Waals surface area (Å²) in [5.74, 6) is 1.10. The predicted octanol–water partition coefficient (Wildman–Crippen LogP) is 2.45. The maximum Gasteiger partial charge on any atom is 0.224 e. The van der Waals surface area contributed by atoms with Gasteiger partial charge in [-0.2, -0.15) is 0 Å². The van der Waals surface area contributed by atoms with E-state index in [0.29, 0.717) is 13.0 Å². The lowest BCUT2D eigenvalue weighted by atomic mass is 10.0. The van der Waals surface area contributed by atoms with Gasteiger partial charge in [0.05, 0.1) is 19.1 Å². The molecule has 0 radical (unpaired) electrons. The Morgan fingerprint density at radius 2 is 2.29 bits per heavy atom. The molecule has 1 aliphatic rings. The first-order valence-corrected chi connectivity index (χ1v) is 8.41. The normalized spacial score (nSPS) is 17.9. The van der Waals surface area contributed by atoms with Crippen LogP contribution in [-0.4, -0.2) is 52.1 Å². The minimum Gasteiger partial charge on any atom is -0.384 e. The summed E-state index contributed by atoms with van der Waals surface area (Å²) in [6, 6.07) is 4.20. The zero-order valence-electron chi connectivity index (χ0n) is 14.3. The maximum atomic E-state index is 12.3. The Balaban J connectivity index is 1.81.